The fourth-order valence-electron chi connectivity index (χ4n) is 2.58. The van der Waals surface area contributed by atoms with Crippen molar-refractivity contribution in [3.63, 3.8) is 0 Å². The summed E-state index contributed by atoms with van der Waals surface area (Å²) in [6.45, 7) is 6.29. The van der Waals surface area contributed by atoms with Crippen molar-refractivity contribution in [2.45, 2.75) is 20.4 Å². The number of hydrogen-bond donors (Lipinski definition) is 1. The molecule has 0 fully saturated rings. The second-order valence-corrected chi connectivity index (χ2v) is 5.53. The van der Waals surface area contributed by atoms with E-state index >= 15 is 0 Å². The number of nitrogens with zero attached hydrogens (tertiary/aromatic N) is 1. The summed E-state index contributed by atoms with van der Waals surface area (Å²) in [4.78, 5) is 14.7. The molecule has 0 saturated carbocycles. The summed E-state index contributed by atoms with van der Waals surface area (Å²) >= 11 is 0. The van der Waals surface area contributed by atoms with Gasteiger partial charge in [-0.3, -0.25) is 4.79 Å². The molecule has 0 aromatic heterocycles. The molecule has 1 amide bonds. The summed E-state index contributed by atoms with van der Waals surface area (Å²) in [5.74, 6) is 1.16. The monoisotopic (exact) mass is 342 g/mol. The second kappa shape index (κ2) is 9.69. The lowest BCUT2D eigenvalue weighted by atomic mass is 10.1. The Balaban J connectivity index is 2.24. The molecule has 0 spiro atoms. The Morgan fingerprint density at radius 2 is 1.68 bits per heavy atom. The zero-order chi connectivity index (χ0) is 18.1. The lowest BCUT2D eigenvalue weighted by Crippen LogP contribution is -2.34. The zero-order valence-electron chi connectivity index (χ0n) is 14.9. The molecule has 134 valence electrons. The van der Waals surface area contributed by atoms with E-state index in [-0.39, 0.29) is 5.91 Å². The summed E-state index contributed by atoms with van der Waals surface area (Å²) in [6, 6.07) is 15.2. The first-order chi connectivity index (χ1) is 12.2. The SMILES string of the molecule is CCOc1ccc(C(=O)N(CCN)Cc2ccccc2)cc1OCC. The van der Waals surface area contributed by atoms with Crippen LogP contribution in [-0.2, 0) is 6.54 Å². The van der Waals surface area contributed by atoms with Gasteiger partial charge in [0, 0.05) is 25.2 Å². The molecular weight excluding hydrogens is 316 g/mol. The van der Waals surface area contributed by atoms with E-state index in [1.807, 2.05) is 44.2 Å². The largest absolute Gasteiger partial charge is 0.490 e. The smallest absolute Gasteiger partial charge is 0.254 e. The third-order valence-corrected chi connectivity index (χ3v) is 3.69. The van der Waals surface area contributed by atoms with Crippen molar-refractivity contribution in [3.8, 4) is 11.5 Å². The van der Waals surface area contributed by atoms with Crippen LogP contribution in [0.1, 0.15) is 29.8 Å². The number of hydrogen-bond acceptors (Lipinski definition) is 4. The predicted octanol–water partition coefficient (Wildman–Crippen LogP) is 3.09. The summed E-state index contributed by atoms with van der Waals surface area (Å²) < 4.78 is 11.2. The summed E-state index contributed by atoms with van der Waals surface area (Å²) in [5.41, 5.74) is 7.34. The molecule has 2 aromatic carbocycles. The number of amides is 1. The van der Waals surface area contributed by atoms with Crippen LogP contribution in [0, 0.1) is 0 Å². The number of ether oxygens (including phenoxy) is 2. The maximum Gasteiger partial charge on any atom is 0.254 e. The normalized spacial score (nSPS) is 10.4. The van der Waals surface area contributed by atoms with Crippen molar-refractivity contribution < 1.29 is 14.3 Å². The highest BCUT2D eigenvalue weighted by Gasteiger charge is 2.18. The first-order valence-electron chi connectivity index (χ1n) is 8.62. The van der Waals surface area contributed by atoms with Crippen LogP contribution in [0.4, 0.5) is 0 Å². The molecule has 2 rings (SSSR count). The first kappa shape index (κ1) is 18.8. The van der Waals surface area contributed by atoms with Gasteiger partial charge in [0.1, 0.15) is 0 Å². The van der Waals surface area contributed by atoms with Crippen molar-refractivity contribution in [2.24, 2.45) is 5.73 Å². The Kier molecular flexibility index (Phi) is 7.29. The van der Waals surface area contributed by atoms with Crippen molar-refractivity contribution >= 4 is 5.91 Å². The van der Waals surface area contributed by atoms with E-state index in [4.69, 9.17) is 15.2 Å². The van der Waals surface area contributed by atoms with E-state index in [0.29, 0.717) is 49.9 Å². The van der Waals surface area contributed by atoms with Crippen LogP contribution in [0.3, 0.4) is 0 Å². The number of carbonyl (C=O) groups excluding carboxylic acids is 1. The highest BCUT2D eigenvalue weighted by atomic mass is 16.5. The predicted molar refractivity (Wildman–Crippen MR) is 99.0 cm³/mol. The highest BCUT2D eigenvalue weighted by Crippen LogP contribution is 2.29. The van der Waals surface area contributed by atoms with E-state index < -0.39 is 0 Å². The Bertz CT molecular complexity index is 674. The van der Waals surface area contributed by atoms with Gasteiger partial charge in [0.25, 0.3) is 5.91 Å². The van der Waals surface area contributed by atoms with Gasteiger partial charge in [0.15, 0.2) is 11.5 Å². The summed E-state index contributed by atoms with van der Waals surface area (Å²) in [6.07, 6.45) is 0. The van der Waals surface area contributed by atoms with E-state index in [0.717, 1.165) is 5.56 Å². The average Bonchev–Trinajstić information content (AvgIpc) is 2.63. The van der Waals surface area contributed by atoms with Gasteiger partial charge in [-0.15, -0.1) is 0 Å². The van der Waals surface area contributed by atoms with Crippen LogP contribution < -0.4 is 15.2 Å². The molecule has 0 bridgehead atoms. The fraction of sp³-hybridized carbons (Fsp3) is 0.350. The highest BCUT2D eigenvalue weighted by molar-refractivity contribution is 5.95. The third-order valence-electron chi connectivity index (χ3n) is 3.69. The fourth-order valence-corrected chi connectivity index (χ4v) is 2.58. The molecule has 25 heavy (non-hydrogen) atoms. The van der Waals surface area contributed by atoms with Crippen LogP contribution in [0.5, 0.6) is 11.5 Å². The van der Waals surface area contributed by atoms with E-state index in [1.54, 1.807) is 23.1 Å². The molecule has 0 radical (unpaired) electrons. The Morgan fingerprint density at radius 1 is 1.00 bits per heavy atom. The van der Waals surface area contributed by atoms with Crippen LogP contribution in [0.2, 0.25) is 0 Å². The number of benzene rings is 2. The standard InChI is InChI=1S/C20H26N2O3/c1-3-24-18-11-10-17(14-19(18)25-4-2)20(23)22(13-12-21)15-16-8-6-5-7-9-16/h5-11,14H,3-4,12-13,15,21H2,1-2H3. The molecule has 0 unspecified atom stereocenters. The number of carbonyl (C=O) groups is 1. The average molecular weight is 342 g/mol. The molecular formula is C20H26N2O3. The van der Waals surface area contributed by atoms with E-state index in [1.165, 1.54) is 0 Å². The topological polar surface area (TPSA) is 64.8 Å². The van der Waals surface area contributed by atoms with E-state index in [9.17, 15) is 4.79 Å². The molecule has 5 heteroatoms. The minimum Gasteiger partial charge on any atom is -0.490 e. The molecule has 0 saturated heterocycles. The van der Waals surface area contributed by atoms with E-state index in [2.05, 4.69) is 0 Å². The van der Waals surface area contributed by atoms with Crippen molar-refractivity contribution in [3.05, 3.63) is 59.7 Å². The summed E-state index contributed by atoms with van der Waals surface area (Å²) in [5, 5.41) is 0. The molecule has 5 nitrogen and oxygen atoms in total. The Morgan fingerprint density at radius 3 is 2.32 bits per heavy atom. The van der Waals surface area contributed by atoms with Crippen LogP contribution >= 0.6 is 0 Å². The zero-order valence-corrected chi connectivity index (χ0v) is 14.9. The van der Waals surface area contributed by atoms with Crippen molar-refractivity contribution in [2.75, 3.05) is 26.3 Å². The van der Waals surface area contributed by atoms with Crippen LogP contribution in [0.25, 0.3) is 0 Å². The van der Waals surface area contributed by atoms with Crippen molar-refractivity contribution in [1.29, 1.82) is 0 Å². The Hall–Kier alpha value is -2.53. The van der Waals surface area contributed by atoms with Gasteiger partial charge in [-0.05, 0) is 37.6 Å². The van der Waals surface area contributed by atoms with Crippen LogP contribution in [0.15, 0.2) is 48.5 Å². The maximum absolute atomic E-state index is 12.9. The molecule has 0 heterocycles. The molecule has 0 aliphatic rings. The lowest BCUT2D eigenvalue weighted by molar-refractivity contribution is 0.0747. The molecule has 0 atom stereocenters. The molecule has 0 aliphatic heterocycles. The van der Waals surface area contributed by atoms with Gasteiger partial charge in [-0.1, -0.05) is 30.3 Å². The van der Waals surface area contributed by atoms with Crippen molar-refractivity contribution in [1.82, 2.24) is 4.90 Å². The number of rotatable bonds is 9. The lowest BCUT2D eigenvalue weighted by Gasteiger charge is -2.23. The first-order valence-corrected chi connectivity index (χ1v) is 8.62. The third kappa shape index (κ3) is 5.22. The van der Waals surface area contributed by atoms with Gasteiger partial charge in [-0.2, -0.15) is 0 Å². The summed E-state index contributed by atoms with van der Waals surface area (Å²) in [7, 11) is 0. The van der Waals surface area contributed by atoms with Gasteiger partial charge in [0.2, 0.25) is 0 Å². The second-order valence-electron chi connectivity index (χ2n) is 5.53. The van der Waals surface area contributed by atoms with Gasteiger partial charge in [-0.25, -0.2) is 0 Å². The molecule has 2 aromatic rings. The minimum atomic E-state index is -0.0710. The van der Waals surface area contributed by atoms with Crippen LogP contribution in [-0.4, -0.2) is 37.1 Å². The number of nitrogens with two attached hydrogens (primary N) is 1. The van der Waals surface area contributed by atoms with Gasteiger partial charge in [0.05, 0.1) is 13.2 Å². The maximum atomic E-state index is 12.9. The van der Waals surface area contributed by atoms with Gasteiger partial charge >= 0.3 is 0 Å². The molecule has 0 aliphatic carbocycles. The molecule has 2 N–H and O–H groups in total. The quantitative estimate of drug-likeness (QED) is 0.760. The Labute approximate surface area is 149 Å². The minimum absolute atomic E-state index is 0.0710. The van der Waals surface area contributed by atoms with Gasteiger partial charge < -0.3 is 20.1 Å².